The van der Waals surface area contributed by atoms with Crippen molar-refractivity contribution in [1.82, 2.24) is 0 Å². The van der Waals surface area contributed by atoms with Gasteiger partial charge in [-0.2, -0.15) is 0 Å². The van der Waals surface area contributed by atoms with Crippen LogP contribution < -0.4 is 11.5 Å². The van der Waals surface area contributed by atoms with Gasteiger partial charge in [0.05, 0.1) is 6.61 Å². The van der Waals surface area contributed by atoms with Crippen molar-refractivity contribution < 1.29 is 14.6 Å². The molecule has 0 aliphatic rings. The van der Waals surface area contributed by atoms with Gasteiger partial charge in [0.1, 0.15) is 0 Å². The van der Waals surface area contributed by atoms with Crippen LogP contribution in [0.4, 0.5) is 4.79 Å². The topological polar surface area (TPSA) is 98.6 Å². The molecule has 0 unspecified atom stereocenters. The first-order valence-electron chi connectivity index (χ1n) is 2.41. The van der Waals surface area contributed by atoms with Crippen LogP contribution in [0.3, 0.4) is 0 Å². The summed E-state index contributed by atoms with van der Waals surface area (Å²) in [6.45, 7) is 2.40. The zero-order valence-corrected chi connectivity index (χ0v) is 6.35. The van der Waals surface area contributed by atoms with Gasteiger partial charge in [0.2, 0.25) is 0 Å². The van der Waals surface area contributed by atoms with Gasteiger partial charge in [-0.1, -0.05) is 0 Å². The number of primary amides is 1. The van der Waals surface area contributed by atoms with Crippen molar-refractivity contribution in [1.29, 1.82) is 0 Å². The molecule has 0 aromatic rings. The van der Waals surface area contributed by atoms with Crippen LogP contribution in [0, 0.1) is 0 Å². The van der Waals surface area contributed by atoms with Crippen molar-refractivity contribution in [2.45, 2.75) is 6.92 Å². The molecular formula is C4H10N2O3S. The van der Waals surface area contributed by atoms with E-state index >= 15 is 0 Å². The average Bonchev–Trinajstić information content (AvgIpc) is 1.62. The van der Waals surface area contributed by atoms with E-state index in [0.717, 1.165) is 0 Å². The van der Waals surface area contributed by atoms with E-state index in [9.17, 15) is 0 Å². The molecule has 5 nitrogen and oxygen atoms in total. The van der Waals surface area contributed by atoms with Crippen LogP contribution in [0.25, 0.3) is 0 Å². The Balaban J connectivity index is 0. The Labute approximate surface area is 63.9 Å². The lowest BCUT2D eigenvalue weighted by atomic mass is 10.9. The first-order chi connectivity index (χ1) is 4.50. The summed E-state index contributed by atoms with van der Waals surface area (Å²) in [7, 11) is 0. The van der Waals surface area contributed by atoms with E-state index in [4.69, 9.17) is 15.6 Å². The number of hydrogen-bond donors (Lipinski definition) is 3. The Kier molecular flexibility index (Phi) is 9.33. The third kappa shape index (κ3) is 64.4. The fourth-order valence-electron chi connectivity index (χ4n) is 0.142. The number of amides is 1. The number of ether oxygens (including phenoxy) is 1. The Hall–Kier alpha value is -1.04. The molecule has 0 aromatic heterocycles. The second kappa shape index (κ2) is 7.96. The molecule has 60 valence electrons. The van der Waals surface area contributed by atoms with Crippen LogP contribution in [0.1, 0.15) is 6.92 Å². The van der Waals surface area contributed by atoms with Crippen molar-refractivity contribution >= 4 is 23.5 Å². The van der Waals surface area contributed by atoms with Gasteiger partial charge in [-0.15, -0.1) is 0 Å². The molecule has 5 N–H and O–H groups in total. The van der Waals surface area contributed by atoms with Crippen LogP contribution in [-0.2, 0) is 4.74 Å². The second-order valence-corrected chi connectivity index (χ2v) is 1.49. The molecule has 10 heavy (non-hydrogen) atoms. The second-order valence-electron chi connectivity index (χ2n) is 1.09. The predicted molar refractivity (Wildman–Crippen MR) is 40.6 cm³/mol. The molecule has 0 heterocycles. The van der Waals surface area contributed by atoms with Crippen LogP contribution in [0.2, 0.25) is 0 Å². The summed E-state index contributed by atoms with van der Waals surface area (Å²) < 4.78 is 4.55. The van der Waals surface area contributed by atoms with Gasteiger partial charge < -0.3 is 21.3 Å². The molecule has 0 rings (SSSR count). The molecule has 0 spiro atoms. The minimum atomic E-state index is -1.33. The highest BCUT2D eigenvalue weighted by molar-refractivity contribution is 7.80. The van der Waals surface area contributed by atoms with Gasteiger partial charge in [0.15, 0.2) is 0 Å². The van der Waals surface area contributed by atoms with Crippen molar-refractivity contribution in [3.63, 3.8) is 0 Å². The molecule has 0 aromatic carbocycles. The first-order valence-corrected chi connectivity index (χ1v) is 2.82. The third-order valence-electron chi connectivity index (χ3n) is 0.287. The highest BCUT2D eigenvalue weighted by atomic mass is 32.1. The van der Waals surface area contributed by atoms with Crippen molar-refractivity contribution in [3.8, 4) is 0 Å². The SMILES string of the molecule is CCOC(N)=S.NC(=O)O. The molecule has 0 aliphatic heterocycles. The molecular weight excluding hydrogens is 156 g/mol. The fourth-order valence-corrected chi connectivity index (χ4v) is 0.260. The van der Waals surface area contributed by atoms with E-state index in [-0.39, 0.29) is 5.17 Å². The van der Waals surface area contributed by atoms with E-state index in [0.29, 0.717) is 6.61 Å². The minimum absolute atomic E-state index is 0.123. The van der Waals surface area contributed by atoms with Crippen LogP contribution >= 0.6 is 12.2 Å². The quantitative estimate of drug-likeness (QED) is 0.472. The van der Waals surface area contributed by atoms with E-state index in [1.807, 2.05) is 6.92 Å². The standard InChI is InChI=1S/C3H7NOS.CH3NO2/c1-2-5-3(4)6;2-1(3)4/h2H2,1H3,(H2,4,6);2H2,(H,3,4). The molecule has 0 saturated heterocycles. The Bertz CT molecular complexity index is 113. The summed E-state index contributed by atoms with van der Waals surface area (Å²) >= 11 is 4.35. The Morgan fingerprint density at radius 1 is 1.70 bits per heavy atom. The van der Waals surface area contributed by atoms with Crippen molar-refractivity contribution in [2.75, 3.05) is 6.61 Å². The largest absolute Gasteiger partial charge is 0.472 e. The summed E-state index contributed by atoms with van der Waals surface area (Å²) in [5, 5.41) is 7.32. The maximum Gasteiger partial charge on any atom is 0.402 e. The molecule has 1 amide bonds. The molecule has 0 aliphatic carbocycles. The Morgan fingerprint density at radius 3 is 2.00 bits per heavy atom. The summed E-state index contributed by atoms with van der Waals surface area (Å²) in [6.07, 6.45) is -1.33. The normalized spacial score (nSPS) is 6.90. The summed E-state index contributed by atoms with van der Waals surface area (Å²) in [6, 6.07) is 0. The van der Waals surface area contributed by atoms with Gasteiger partial charge >= 0.3 is 6.09 Å². The van der Waals surface area contributed by atoms with Crippen LogP contribution in [0.5, 0.6) is 0 Å². The maximum absolute atomic E-state index is 8.78. The summed E-state index contributed by atoms with van der Waals surface area (Å²) in [4.78, 5) is 8.78. The summed E-state index contributed by atoms with van der Waals surface area (Å²) in [5.41, 5.74) is 8.94. The zero-order valence-electron chi connectivity index (χ0n) is 5.53. The fraction of sp³-hybridized carbons (Fsp3) is 0.500. The van der Waals surface area contributed by atoms with Crippen molar-refractivity contribution in [3.05, 3.63) is 0 Å². The van der Waals surface area contributed by atoms with Gasteiger partial charge in [-0.05, 0) is 19.1 Å². The van der Waals surface area contributed by atoms with Crippen LogP contribution in [0.15, 0.2) is 0 Å². The lowest BCUT2D eigenvalue weighted by Gasteiger charge is -1.93. The van der Waals surface area contributed by atoms with E-state index in [1.165, 1.54) is 0 Å². The van der Waals surface area contributed by atoms with E-state index in [1.54, 1.807) is 0 Å². The zero-order chi connectivity index (χ0) is 8.57. The molecule has 6 heteroatoms. The molecule has 0 radical (unpaired) electrons. The molecule has 0 fully saturated rings. The lowest BCUT2D eigenvalue weighted by Crippen LogP contribution is -2.11. The number of rotatable bonds is 1. The van der Waals surface area contributed by atoms with Crippen LogP contribution in [-0.4, -0.2) is 23.0 Å². The molecule has 0 atom stereocenters. The summed E-state index contributed by atoms with van der Waals surface area (Å²) in [5.74, 6) is 0. The lowest BCUT2D eigenvalue weighted by molar-refractivity contribution is 0.205. The third-order valence-corrected chi connectivity index (χ3v) is 0.404. The molecule has 0 saturated carbocycles. The minimum Gasteiger partial charge on any atom is -0.472 e. The molecule has 0 bridgehead atoms. The van der Waals surface area contributed by atoms with Gasteiger partial charge in [0, 0.05) is 0 Å². The highest BCUT2D eigenvalue weighted by Gasteiger charge is 1.76. The predicted octanol–water partition coefficient (Wildman–Crippen LogP) is -0.110. The number of carboxylic acid groups (broad SMARTS) is 1. The van der Waals surface area contributed by atoms with E-state index in [2.05, 4.69) is 22.7 Å². The maximum atomic E-state index is 8.78. The number of hydrogen-bond acceptors (Lipinski definition) is 3. The number of thiocarbonyl (C=S) groups is 1. The Morgan fingerprint density at radius 2 is 2.00 bits per heavy atom. The smallest absolute Gasteiger partial charge is 0.402 e. The number of nitrogens with two attached hydrogens (primary N) is 2. The van der Waals surface area contributed by atoms with Gasteiger partial charge in [-0.25, -0.2) is 4.79 Å². The van der Waals surface area contributed by atoms with E-state index < -0.39 is 6.09 Å². The van der Waals surface area contributed by atoms with Gasteiger partial charge in [0.25, 0.3) is 5.17 Å². The first kappa shape index (κ1) is 11.7. The number of carbonyl (C=O) groups is 1. The van der Waals surface area contributed by atoms with Gasteiger partial charge in [-0.3, -0.25) is 0 Å². The van der Waals surface area contributed by atoms with Crippen molar-refractivity contribution in [2.24, 2.45) is 11.5 Å². The average molecular weight is 166 g/mol. The highest BCUT2D eigenvalue weighted by Crippen LogP contribution is 1.67. The monoisotopic (exact) mass is 166 g/mol.